The van der Waals surface area contributed by atoms with Gasteiger partial charge in [-0.05, 0) is 0 Å². The smallest absolute Gasteiger partial charge is 0.334 e. The normalized spacial score (nSPS) is 23.0. The van der Waals surface area contributed by atoms with Gasteiger partial charge in [0.1, 0.15) is 6.61 Å². The van der Waals surface area contributed by atoms with Gasteiger partial charge in [-0.15, -0.1) is 0 Å². The average Bonchev–Trinajstić information content (AvgIpc) is 2.31. The minimum Gasteiger partial charge on any atom is -0.466 e. The Morgan fingerprint density at radius 2 is 2.23 bits per heavy atom. The van der Waals surface area contributed by atoms with Crippen LogP contribution in [0.15, 0.2) is 11.6 Å². The summed E-state index contributed by atoms with van der Waals surface area (Å²) in [6, 6.07) is 0. The predicted molar refractivity (Wildman–Crippen MR) is 44.8 cm³/mol. The van der Waals surface area contributed by atoms with E-state index in [1.54, 1.807) is 0 Å². The Balaban J connectivity index is 2.94. The number of esters is 2. The number of cyclic esters (lactones) is 1. The molecule has 1 fully saturated rings. The van der Waals surface area contributed by atoms with Crippen molar-refractivity contribution in [3.05, 3.63) is 11.6 Å². The summed E-state index contributed by atoms with van der Waals surface area (Å²) in [7, 11) is 1.27. The fourth-order valence-corrected chi connectivity index (χ4v) is 1.11. The Morgan fingerprint density at radius 1 is 1.62 bits per heavy atom. The quantitative estimate of drug-likeness (QED) is 0.444. The van der Waals surface area contributed by atoms with E-state index in [4.69, 9.17) is 4.74 Å². The van der Waals surface area contributed by atoms with Crippen molar-refractivity contribution in [2.75, 3.05) is 13.7 Å². The molecule has 72 valence electrons. The maximum atomic E-state index is 11.1. The van der Waals surface area contributed by atoms with Crippen LogP contribution in [0.3, 0.4) is 0 Å². The van der Waals surface area contributed by atoms with Crippen LogP contribution in [0, 0.1) is 5.41 Å². The average molecular weight is 184 g/mol. The first-order valence-corrected chi connectivity index (χ1v) is 3.94. The molecule has 0 aromatic heterocycles. The lowest BCUT2D eigenvalue weighted by Gasteiger charge is -2.13. The summed E-state index contributed by atoms with van der Waals surface area (Å²) in [6.07, 6.45) is 1.19. The number of rotatable bonds is 1. The van der Waals surface area contributed by atoms with Crippen LogP contribution in [0.2, 0.25) is 0 Å². The third-order valence-corrected chi connectivity index (χ3v) is 1.98. The summed E-state index contributed by atoms with van der Waals surface area (Å²) in [5, 5.41) is 0. The van der Waals surface area contributed by atoms with Crippen LogP contribution < -0.4 is 0 Å². The predicted octanol–water partition coefficient (Wildman–Crippen LogP) is 0.669. The summed E-state index contributed by atoms with van der Waals surface area (Å²) in [4.78, 5) is 22.0. The Labute approximate surface area is 76.5 Å². The van der Waals surface area contributed by atoms with E-state index in [0.717, 1.165) is 0 Å². The third kappa shape index (κ3) is 1.88. The fourth-order valence-electron chi connectivity index (χ4n) is 1.11. The van der Waals surface area contributed by atoms with E-state index >= 15 is 0 Å². The molecule has 0 aliphatic carbocycles. The Kier molecular flexibility index (Phi) is 2.40. The minimum atomic E-state index is -0.526. The molecule has 0 aromatic rings. The molecule has 4 nitrogen and oxygen atoms in total. The monoisotopic (exact) mass is 184 g/mol. The second-order valence-electron chi connectivity index (χ2n) is 3.54. The molecule has 13 heavy (non-hydrogen) atoms. The van der Waals surface area contributed by atoms with Crippen molar-refractivity contribution < 1.29 is 19.1 Å². The lowest BCUT2D eigenvalue weighted by Crippen LogP contribution is -2.15. The van der Waals surface area contributed by atoms with Crippen LogP contribution in [0.1, 0.15) is 13.8 Å². The van der Waals surface area contributed by atoms with E-state index in [9.17, 15) is 9.59 Å². The highest BCUT2D eigenvalue weighted by Crippen LogP contribution is 2.33. The molecule has 0 saturated carbocycles. The van der Waals surface area contributed by atoms with E-state index in [1.807, 2.05) is 13.8 Å². The summed E-state index contributed by atoms with van der Waals surface area (Å²) < 4.78 is 9.24. The van der Waals surface area contributed by atoms with Gasteiger partial charge in [-0.2, -0.15) is 0 Å². The van der Waals surface area contributed by atoms with Crippen LogP contribution in [-0.2, 0) is 19.1 Å². The molecule has 4 heteroatoms. The third-order valence-electron chi connectivity index (χ3n) is 1.98. The molecule has 0 unspecified atom stereocenters. The molecular weight excluding hydrogens is 172 g/mol. The summed E-state index contributed by atoms with van der Waals surface area (Å²) in [5.74, 6) is -0.961. The topological polar surface area (TPSA) is 52.6 Å². The van der Waals surface area contributed by atoms with E-state index in [0.29, 0.717) is 12.2 Å². The lowest BCUT2D eigenvalue weighted by atomic mass is 9.87. The molecule has 1 saturated heterocycles. The van der Waals surface area contributed by atoms with Gasteiger partial charge in [0.15, 0.2) is 0 Å². The highest BCUT2D eigenvalue weighted by molar-refractivity contribution is 5.98. The molecular formula is C9H12O4. The van der Waals surface area contributed by atoms with Crippen molar-refractivity contribution in [2.45, 2.75) is 13.8 Å². The van der Waals surface area contributed by atoms with Gasteiger partial charge in [-0.3, -0.25) is 0 Å². The van der Waals surface area contributed by atoms with Crippen LogP contribution >= 0.6 is 0 Å². The van der Waals surface area contributed by atoms with E-state index in [1.165, 1.54) is 13.2 Å². The maximum Gasteiger partial charge on any atom is 0.334 e. The van der Waals surface area contributed by atoms with Gasteiger partial charge in [-0.25, -0.2) is 9.59 Å². The van der Waals surface area contributed by atoms with E-state index in [-0.39, 0.29) is 0 Å². The largest absolute Gasteiger partial charge is 0.466 e. The van der Waals surface area contributed by atoms with Crippen LogP contribution in [0.4, 0.5) is 0 Å². The van der Waals surface area contributed by atoms with Gasteiger partial charge in [0.25, 0.3) is 0 Å². The Bertz CT molecular complexity index is 275. The summed E-state index contributed by atoms with van der Waals surface area (Å²) in [6.45, 7) is 3.99. The molecule has 1 aliphatic rings. The first-order valence-electron chi connectivity index (χ1n) is 3.94. The van der Waals surface area contributed by atoms with Crippen molar-refractivity contribution >= 4 is 11.9 Å². The van der Waals surface area contributed by atoms with Crippen molar-refractivity contribution in [3.8, 4) is 0 Å². The van der Waals surface area contributed by atoms with Gasteiger partial charge in [-0.1, -0.05) is 13.8 Å². The maximum absolute atomic E-state index is 11.1. The molecule has 0 spiro atoms. The van der Waals surface area contributed by atoms with E-state index < -0.39 is 17.4 Å². The van der Waals surface area contributed by atoms with E-state index in [2.05, 4.69) is 4.74 Å². The molecule has 0 bridgehead atoms. The molecule has 0 N–H and O–H groups in total. The summed E-state index contributed by atoms with van der Waals surface area (Å²) in [5.41, 5.74) is -0.0231. The van der Waals surface area contributed by atoms with Gasteiger partial charge < -0.3 is 9.47 Å². The fraction of sp³-hybridized carbons (Fsp3) is 0.556. The first-order chi connectivity index (χ1) is 5.97. The molecule has 0 radical (unpaired) electrons. The Hall–Kier alpha value is -1.32. The lowest BCUT2D eigenvalue weighted by molar-refractivity contribution is -0.137. The van der Waals surface area contributed by atoms with Crippen LogP contribution in [0.5, 0.6) is 0 Å². The van der Waals surface area contributed by atoms with Gasteiger partial charge >= 0.3 is 11.9 Å². The SMILES string of the molecule is COC(=O)C=C1C(=O)OCC1(C)C. The van der Waals surface area contributed by atoms with Gasteiger partial charge in [0.2, 0.25) is 0 Å². The molecule has 1 aliphatic heterocycles. The van der Waals surface area contributed by atoms with Crippen LogP contribution in [-0.4, -0.2) is 25.7 Å². The van der Waals surface area contributed by atoms with Gasteiger partial charge in [0.05, 0.1) is 12.7 Å². The zero-order valence-corrected chi connectivity index (χ0v) is 7.92. The number of carbonyl (C=O) groups is 2. The second-order valence-corrected chi connectivity index (χ2v) is 3.54. The molecule has 1 heterocycles. The van der Waals surface area contributed by atoms with Crippen LogP contribution in [0.25, 0.3) is 0 Å². The number of ether oxygens (including phenoxy) is 2. The highest BCUT2D eigenvalue weighted by Gasteiger charge is 2.38. The van der Waals surface area contributed by atoms with Crippen molar-refractivity contribution in [3.63, 3.8) is 0 Å². The number of hydrogen-bond donors (Lipinski definition) is 0. The van der Waals surface area contributed by atoms with Crippen molar-refractivity contribution in [1.82, 2.24) is 0 Å². The van der Waals surface area contributed by atoms with Gasteiger partial charge in [0, 0.05) is 11.5 Å². The molecule has 0 amide bonds. The number of methoxy groups -OCH3 is 1. The second kappa shape index (κ2) is 3.20. The number of carbonyl (C=O) groups excluding carboxylic acids is 2. The standard InChI is InChI=1S/C9H12O4/c1-9(2)5-13-8(11)6(9)4-7(10)12-3/h4H,5H2,1-3H3. The zero-order valence-electron chi connectivity index (χ0n) is 7.92. The molecule has 0 atom stereocenters. The summed E-state index contributed by atoms with van der Waals surface area (Å²) >= 11 is 0. The highest BCUT2D eigenvalue weighted by atomic mass is 16.5. The molecule has 0 aromatic carbocycles. The first kappa shape index (κ1) is 9.77. The molecule has 1 rings (SSSR count). The Morgan fingerprint density at radius 3 is 2.62 bits per heavy atom. The van der Waals surface area contributed by atoms with Crippen molar-refractivity contribution in [2.24, 2.45) is 5.41 Å². The van der Waals surface area contributed by atoms with Crippen molar-refractivity contribution in [1.29, 1.82) is 0 Å². The number of hydrogen-bond acceptors (Lipinski definition) is 4. The minimum absolute atomic E-state index is 0.314. The zero-order chi connectivity index (χ0) is 10.1.